The van der Waals surface area contributed by atoms with E-state index in [2.05, 4.69) is 21.1 Å². The largest absolute Gasteiger partial charge is 0.490 e. The van der Waals surface area contributed by atoms with Crippen LogP contribution in [0.25, 0.3) is 10.8 Å². The molecule has 0 unspecified atom stereocenters. The number of amides is 5. The van der Waals surface area contributed by atoms with E-state index in [1.165, 1.54) is 0 Å². The normalized spacial score (nSPS) is 19.2. The Labute approximate surface area is 304 Å². The van der Waals surface area contributed by atoms with E-state index in [1.54, 1.807) is 55.8 Å². The molecule has 4 aromatic rings. The number of nitrogens with one attached hydrogen (secondary N) is 3. The summed E-state index contributed by atoms with van der Waals surface area (Å²) < 4.78 is 17.9. The highest BCUT2D eigenvalue weighted by atomic mass is 16.5. The van der Waals surface area contributed by atoms with Crippen LogP contribution in [0.15, 0.2) is 65.2 Å². The van der Waals surface area contributed by atoms with Gasteiger partial charge in [-0.1, -0.05) is 48.5 Å². The van der Waals surface area contributed by atoms with Crippen LogP contribution in [0.3, 0.4) is 0 Å². The molecule has 1 aromatic heterocycles. The number of carbonyl (C=O) groups is 3. The number of urea groups is 2. The van der Waals surface area contributed by atoms with E-state index in [-0.39, 0.29) is 49.2 Å². The van der Waals surface area contributed by atoms with Crippen LogP contribution in [0.2, 0.25) is 0 Å². The molecule has 0 aliphatic carbocycles. The molecule has 13 heteroatoms. The van der Waals surface area contributed by atoms with E-state index < -0.39 is 18.2 Å². The number of fused-ring (bicyclic) bond motifs is 2. The molecule has 1 aliphatic heterocycles. The molecule has 52 heavy (non-hydrogen) atoms. The van der Waals surface area contributed by atoms with Crippen molar-refractivity contribution >= 4 is 45.8 Å². The van der Waals surface area contributed by atoms with Gasteiger partial charge in [-0.2, -0.15) is 0 Å². The minimum atomic E-state index is -0.555. The molecule has 0 saturated carbocycles. The second-order valence-corrected chi connectivity index (χ2v) is 13.6. The van der Waals surface area contributed by atoms with Crippen molar-refractivity contribution in [1.29, 1.82) is 0 Å². The lowest BCUT2D eigenvalue weighted by Crippen LogP contribution is -2.48. The number of ether oxygens (including phenoxy) is 2. The van der Waals surface area contributed by atoms with Gasteiger partial charge in [-0.25, -0.2) is 9.59 Å². The molecule has 5 amide bonds. The number of likely N-dealkylation sites (N-methyl/N-ethyl adjacent to an activating group) is 1. The molecule has 3 aromatic carbocycles. The Kier molecular flexibility index (Phi) is 12.7. The molecule has 278 valence electrons. The average molecular weight is 715 g/mol. The van der Waals surface area contributed by atoms with E-state index in [0.29, 0.717) is 40.9 Å². The number of rotatable bonds is 7. The maximum absolute atomic E-state index is 14.5. The number of hydrogen-bond acceptors (Lipinski definition) is 8. The lowest BCUT2D eigenvalue weighted by molar-refractivity contribution is -0.0115. The SMILES string of the molecule is Cc1noc(C)c1NC(=O)Nc1ccc2c(c1)C(=O)N([C@@H](C)CO)C[C@H](C)[C@@H](CN(C)C(=O)Nc1cccc3ccccc13)OCCCC[C@H](C)O2. The Hall–Kier alpha value is -5.14. The van der Waals surface area contributed by atoms with Gasteiger partial charge in [0.25, 0.3) is 5.91 Å². The zero-order chi connectivity index (χ0) is 37.4. The van der Waals surface area contributed by atoms with E-state index >= 15 is 0 Å². The summed E-state index contributed by atoms with van der Waals surface area (Å²) in [7, 11) is 1.73. The van der Waals surface area contributed by atoms with Gasteiger partial charge >= 0.3 is 12.1 Å². The van der Waals surface area contributed by atoms with Gasteiger partial charge < -0.3 is 44.9 Å². The second-order valence-electron chi connectivity index (χ2n) is 13.6. The predicted octanol–water partition coefficient (Wildman–Crippen LogP) is 7.05. The Balaban J connectivity index is 1.37. The molecule has 4 atom stereocenters. The van der Waals surface area contributed by atoms with Crippen LogP contribution >= 0.6 is 0 Å². The standard InChI is InChI=1S/C39H50N6O7/c1-24-21-45(25(2)23-46)37(47)32-20-30(40-38(48)42-36-27(4)43-52-28(36)5)17-18-34(32)51-26(3)12-9-10-19-50-35(24)22-44(6)39(49)41-33-16-11-14-29-13-7-8-15-31(29)33/h7-8,11,13-18,20,24-26,35,46H,9-10,12,19,21-23H2,1-6H3,(H,41,49)(H2,40,42,48)/t24-,25-,26-,35+/m0/s1. The molecule has 0 bridgehead atoms. The van der Waals surface area contributed by atoms with Gasteiger partial charge in [-0.15, -0.1) is 0 Å². The van der Waals surface area contributed by atoms with Gasteiger partial charge in [-0.05, 0) is 76.6 Å². The van der Waals surface area contributed by atoms with Gasteiger partial charge in [0.1, 0.15) is 17.1 Å². The maximum Gasteiger partial charge on any atom is 0.323 e. The van der Waals surface area contributed by atoms with Crippen LogP contribution < -0.4 is 20.7 Å². The quantitative estimate of drug-likeness (QED) is 0.159. The first-order chi connectivity index (χ1) is 24.9. The number of benzene rings is 3. The molecule has 5 rings (SSSR count). The highest BCUT2D eigenvalue weighted by molar-refractivity contribution is 6.03. The third kappa shape index (κ3) is 9.39. The van der Waals surface area contributed by atoms with Crippen molar-refractivity contribution in [3.63, 3.8) is 0 Å². The molecular weight excluding hydrogens is 664 g/mol. The van der Waals surface area contributed by atoms with Crippen LogP contribution in [0.5, 0.6) is 5.75 Å². The fourth-order valence-corrected chi connectivity index (χ4v) is 6.30. The summed E-state index contributed by atoms with van der Waals surface area (Å²) in [6.07, 6.45) is 1.72. The number of hydrogen-bond donors (Lipinski definition) is 4. The molecule has 0 spiro atoms. The molecule has 0 radical (unpaired) electrons. The Morgan fingerprint density at radius 3 is 2.56 bits per heavy atom. The number of nitrogens with zero attached hydrogens (tertiary/aromatic N) is 3. The lowest BCUT2D eigenvalue weighted by atomic mass is 10.0. The highest BCUT2D eigenvalue weighted by Gasteiger charge is 2.31. The summed E-state index contributed by atoms with van der Waals surface area (Å²) in [5, 5.41) is 24.7. The number of aliphatic hydroxyl groups is 1. The number of anilines is 3. The molecule has 2 heterocycles. The van der Waals surface area contributed by atoms with Crippen molar-refractivity contribution in [2.24, 2.45) is 5.92 Å². The monoisotopic (exact) mass is 714 g/mol. The van der Waals surface area contributed by atoms with Crippen molar-refractivity contribution in [2.45, 2.75) is 72.1 Å². The third-order valence-corrected chi connectivity index (χ3v) is 9.41. The molecule has 4 N–H and O–H groups in total. The zero-order valence-corrected chi connectivity index (χ0v) is 30.8. The first-order valence-corrected chi connectivity index (χ1v) is 17.8. The second kappa shape index (κ2) is 17.4. The smallest absolute Gasteiger partial charge is 0.323 e. The Morgan fingerprint density at radius 2 is 1.81 bits per heavy atom. The lowest BCUT2D eigenvalue weighted by Gasteiger charge is -2.35. The van der Waals surface area contributed by atoms with Gasteiger partial charge in [-0.3, -0.25) is 4.79 Å². The summed E-state index contributed by atoms with van der Waals surface area (Å²) in [5.74, 6) is 0.241. The number of aromatic nitrogens is 1. The summed E-state index contributed by atoms with van der Waals surface area (Å²) in [6.45, 7) is 9.83. The van der Waals surface area contributed by atoms with Crippen LogP contribution in [0, 0.1) is 19.8 Å². The number of carbonyl (C=O) groups excluding carboxylic acids is 3. The topological polar surface area (TPSA) is 158 Å². The Morgan fingerprint density at radius 1 is 1.04 bits per heavy atom. The van der Waals surface area contributed by atoms with E-state index in [4.69, 9.17) is 14.0 Å². The zero-order valence-electron chi connectivity index (χ0n) is 30.8. The summed E-state index contributed by atoms with van der Waals surface area (Å²) >= 11 is 0. The van der Waals surface area contributed by atoms with E-state index in [9.17, 15) is 19.5 Å². The minimum Gasteiger partial charge on any atom is -0.490 e. The van der Waals surface area contributed by atoms with Crippen LogP contribution in [-0.4, -0.2) is 89.6 Å². The van der Waals surface area contributed by atoms with Gasteiger partial charge in [0.05, 0.1) is 36.1 Å². The van der Waals surface area contributed by atoms with Gasteiger partial charge in [0.15, 0.2) is 5.76 Å². The first-order valence-electron chi connectivity index (χ1n) is 17.8. The predicted molar refractivity (Wildman–Crippen MR) is 201 cm³/mol. The van der Waals surface area contributed by atoms with Crippen LogP contribution in [0.4, 0.5) is 26.7 Å². The van der Waals surface area contributed by atoms with Crippen molar-refractivity contribution < 1.29 is 33.5 Å². The molecule has 1 aliphatic rings. The van der Waals surface area contributed by atoms with Crippen molar-refractivity contribution in [3.05, 3.63) is 77.7 Å². The average Bonchev–Trinajstić information content (AvgIpc) is 3.44. The summed E-state index contributed by atoms with van der Waals surface area (Å²) in [5.41, 5.74) is 2.34. The number of aliphatic hydroxyl groups excluding tert-OH is 1. The fourth-order valence-electron chi connectivity index (χ4n) is 6.30. The molecule has 0 fully saturated rings. The van der Waals surface area contributed by atoms with Crippen LogP contribution in [0.1, 0.15) is 61.8 Å². The van der Waals surface area contributed by atoms with Gasteiger partial charge in [0.2, 0.25) is 0 Å². The molecule has 0 saturated heterocycles. The van der Waals surface area contributed by atoms with Crippen LogP contribution in [-0.2, 0) is 4.74 Å². The third-order valence-electron chi connectivity index (χ3n) is 9.41. The van der Waals surface area contributed by atoms with Gasteiger partial charge in [0, 0.05) is 43.7 Å². The fraction of sp³-hybridized carbons (Fsp3) is 0.436. The minimum absolute atomic E-state index is 0.210. The van der Waals surface area contributed by atoms with Crippen molar-refractivity contribution in [1.82, 2.24) is 15.0 Å². The first kappa shape index (κ1) is 38.1. The Bertz CT molecular complexity index is 1840. The summed E-state index contributed by atoms with van der Waals surface area (Å²) in [4.78, 5) is 44.1. The highest BCUT2D eigenvalue weighted by Crippen LogP contribution is 2.29. The van der Waals surface area contributed by atoms with Crippen molar-refractivity contribution in [3.8, 4) is 5.75 Å². The summed E-state index contributed by atoms with van der Waals surface area (Å²) in [6, 6.07) is 17.3. The molecule has 13 nitrogen and oxygen atoms in total. The number of aryl methyl sites for hydroxylation is 2. The van der Waals surface area contributed by atoms with Crippen molar-refractivity contribution in [2.75, 3.05) is 49.3 Å². The molecular formula is C39H50N6O7. The van der Waals surface area contributed by atoms with E-state index in [0.717, 1.165) is 30.0 Å². The van der Waals surface area contributed by atoms with E-state index in [1.807, 2.05) is 56.3 Å². The maximum atomic E-state index is 14.5.